The average molecular weight is 302 g/mol. The first-order valence-electron chi connectivity index (χ1n) is 6.44. The van der Waals surface area contributed by atoms with Gasteiger partial charge in [-0.3, -0.25) is 10.2 Å². The number of amides is 1. The van der Waals surface area contributed by atoms with Gasteiger partial charge in [-0.15, -0.1) is 0 Å². The Morgan fingerprint density at radius 2 is 2.05 bits per heavy atom. The fourth-order valence-corrected chi connectivity index (χ4v) is 2.51. The summed E-state index contributed by atoms with van der Waals surface area (Å²) in [6.07, 6.45) is -4.51. The molecule has 1 heterocycles. The second-order valence-corrected chi connectivity index (χ2v) is 5.61. The number of hydrogen-bond donors (Lipinski definition) is 1. The fraction of sp³-hybridized carbons (Fsp3) is 0.500. The van der Waals surface area contributed by atoms with E-state index >= 15 is 0 Å². The molecule has 0 saturated carbocycles. The zero-order valence-corrected chi connectivity index (χ0v) is 12.0. The molecule has 0 spiro atoms. The SMILES string of the molecule is COc1cccc(C(N2NC(=O)CC2(C)C)C(F)(F)F)c1. The Kier molecular flexibility index (Phi) is 3.88. The number of alkyl halides is 3. The molecule has 1 aromatic rings. The topological polar surface area (TPSA) is 41.6 Å². The number of nitrogens with zero attached hydrogens (tertiary/aromatic N) is 1. The van der Waals surface area contributed by atoms with Gasteiger partial charge in [0.15, 0.2) is 6.04 Å². The molecule has 1 fully saturated rings. The highest BCUT2D eigenvalue weighted by Gasteiger charge is 2.52. The summed E-state index contributed by atoms with van der Waals surface area (Å²) in [6, 6.07) is 3.86. The first-order valence-corrected chi connectivity index (χ1v) is 6.44. The van der Waals surface area contributed by atoms with Crippen LogP contribution in [-0.2, 0) is 4.79 Å². The van der Waals surface area contributed by atoms with E-state index in [1.54, 1.807) is 19.9 Å². The Morgan fingerprint density at radius 1 is 1.38 bits per heavy atom. The van der Waals surface area contributed by atoms with Gasteiger partial charge in [0.05, 0.1) is 7.11 Å². The van der Waals surface area contributed by atoms with Crippen LogP contribution < -0.4 is 10.2 Å². The van der Waals surface area contributed by atoms with Crippen LogP contribution in [0.15, 0.2) is 24.3 Å². The molecule has 1 saturated heterocycles. The number of nitrogens with one attached hydrogen (secondary N) is 1. The molecule has 116 valence electrons. The monoisotopic (exact) mass is 302 g/mol. The lowest BCUT2D eigenvalue weighted by Crippen LogP contribution is -2.51. The lowest BCUT2D eigenvalue weighted by atomic mass is 9.97. The number of ether oxygens (including phenoxy) is 1. The van der Waals surface area contributed by atoms with E-state index in [-0.39, 0.29) is 12.0 Å². The lowest BCUT2D eigenvalue weighted by molar-refractivity contribution is -0.203. The van der Waals surface area contributed by atoms with Crippen LogP contribution in [0.3, 0.4) is 0 Å². The molecule has 0 bridgehead atoms. The van der Waals surface area contributed by atoms with E-state index in [2.05, 4.69) is 5.43 Å². The summed E-state index contributed by atoms with van der Waals surface area (Å²) >= 11 is 0. The molecule has 1 aliphatic rings. The zero-order valence-electron chi connectivity index (χ0n) is 12.0. The first-order chi connectivity index (χ1) is 9.65. The van der Waals surface area contributed by atoms with Gasteiger partial charge in [0, 0.05) is 12.0 Å². The molecule has 2 rings (SSSR count). The third-order valence-electron chi connectivity index (χ3n) is 3.47. The summed E-state index contributed by atoms with van der Waals surface area (Å²) in [4.78, 5) is 11.5. The largest absolute Gasteiger partial charge is 0.497 e. The van der Waals surface area contributed by atoms with Gasteiger partial charge in [-0.25, -0.2) is 0 Å². The maximum atomic E-state index is 13.5. The summed E-state index contributed by atoms with van der Waals surface area (Å²) < 4.78 is 45.6. The van der Waals surface area contributed by atoms with Crippen molar-refractivity contribution in [3.63, 3.8) is 0 Å². The van der Waals surface area contributed by atoms with Crippen molar-refractivity contribution in [2.45, 2.75) is 38.0 Å². The minimum atomic E-state index is -4.53. The Bertz CT molecular complexity index is 543. The lowest BCUT2D eigenvalue weighted by Gasteiger charge is -2.37. The van der Waals surface area contributed by atoms with E-state index < -0.39 is 23.7 Å². The predicted molar refractivity (Wildman–Crippen MR) is 70.5 cm³/mol. The standard InChI is InChI=1S/C14H17F3N2O2/c1-13(2)8-11(20)18-19(13)12(14(15,16)17)9-5-4-6-10(7-9)21-3/h4-7,12H,8H2,1-3H3,(H,18,20). The molecule has 7 heteroatoms. The summed E-state index contributed by atoms with van der Waals surface area (Å²) in [5.74, 6) is -0.0813. The van der Waals surface area contributed by atoms with E-state index in [0.717, 1.165) is 5.01 Å². The summed E-state index contributed by atoms with van der Waals surface area (Å²) in [6.45, 7) is 3.20. The van der Waals surface area contributed by atoms with Gasteiger partial charge in [0.1, 0.15) is 5.75 Å². The van der Waals surface area contributed by atoms with Crippen LogP contribution in [-0.4, -0.2) is 29.7 Å². The number of carbonyl (C=O) groups excluding carboxylic acids is 1. The van der Waals surface area contributed by atoms with Crippen molar-refractivity contribution in [2.24, 2.45) is 0 Å². The smallest absolute Gasteiger partial charge is 0.409 e. The summed E-state index contributed by atoms with van der Waals surface area (Å²) in [5, 5.41) is 0.976. The number of methoxy groups -OCH3 is 1. The van der Waals surface area contributed by atoms with Crippen LogP contribution in [0.1, 0.15) is 31.9 Å². The van der Waals surface area contributed by atoms with Crippen LogP contribution in [0, 0.1) is 0 Å². The van der Waals surface area contributed by atoms with Gasteiger partial charge in [-0.05, 0) is 31.5 Å². The van der Waals surface area contributed by atoms with Crippen molar-refractivity contribution in [3.05, 3.63) is 29.8 Å². The first kappa shape index (κ1) is 15.6. The van der Waals surface area contributed by atoms with E-state index in [1.165, 1.54) is 25.3 Å². The second kappa shape index (κ2) is 5.22. The quantitative estimate of drug-likeness (QED) is 0.933. The summed E-state index contributed by atoms with van der Waals surface area (Å²) in [5.41, 5.74) is 1.42. The van der Waals surface area contributed by atoms with Crippen LogP contribution >= 0.6 is 0 Å². The molecule has 1 aliphatic heterocycles. The van der Waals surface area contributed by atoms with Crippen LogP contribution in [0.5, 0.6) is 5.75 Å². The van der Waals surface area contributed by atoms with Crippen LogP contribution in [0.4, 0.5) is 13.2 Å². The minimum Gasteiger partial charge on any atom is -0.497 e. The molecule has 1 atom stereocenters. The molecule has 1 N–H and O–H groups in total. The molecular formula is C14H17F3N2O2. The highest BCUT2D eigenvalue weighted by Crippen LogP contribution is 2.43. The van der Waals surface area contributed by atoms with Gasteiger partial charge in [-0.1, -0.05) is 12.1 Å². The molecular weight excluding hydrogens is 285 g/mol. The number of rotatable bonds is 3. The van der Waals surface area contributed by atoms with Crippen molar-refractivity contribution in [1.82, 2.24) is 10.4 Å². The average Bonchev–Trinajstić information content (AvgIpc) is 2.61. The van der Waals surface area contributed by atoms with E-state index in [1.807, 2.05) is 0 Å². The van der Waals surface area contributed by atoms with Gasteiger partial charge >= 0.3 is 6.18 Å². The molecule has 21 heavy (non-hydrogen) atoms. The Hall–Kier alpha value is -1.76. The maximum Gasteiger partial charge on any atom is 0.409 e. The van der Waals surface area contributed by atoms with E-state index in [9.17, 15) is 18.0 Å². The Labute approximate surface area is 120 Å². The number of hydrazine groups is 1. The zero-order chi connectivity index (χ0) is 15.8. The molecule has 0 aromatic heterocycles. The number of benzene rings is 1. The Balaban J connectivity index is 2.47. The minimum absolute atomic E-state index is 0.0174. The molecule has 1 aromatic carbocycles. The molecule has 0 aliphatic carbocycles. The van der Waals surface area contributed by atoms with Gasteiger partial charge in [-0.2, -0.15) is 18.2 Å². The normalized spacial score (nSPS) is 20.2. The predicted octanol–water partition coefficient (Wildman–Crippen LogP) is 2.81. The van der Waals surface area contributed by atoms with Gasteiger partial charge in [0.25, 0.3) is 0 Å². The van der Waals surface area contributed by atoms with Crippen molar-refractivity contribution >= 4 is 5.91 Å². The molecule has 4 nitrogen and oxygen atoms in total. The second-order valence-electron chi connectivity index (χ2n) is 5.61. The fourth-order valence-electron chi connectivity index (χ4n) is 2.51. The molecule has 0 radical (unpaired) electrons. The van der Waals surface area contributed by atoms with Crippen LogP contribution in [0.25, 0.3) is 0 Å². The van der Waals surface area contributed by atoms with Crippen molar-refractivity contribution in [2.75, 3.05) is 7.11 Å². The van der Waals surface area contributed by atoms with Crippen LogP contribution in [0.2, 0.25) is 0 Å². The highest BCUT2D eigenvalue weighted by molar-refractivity contribution is 5.79. The van der Waals surface area contributed by atoms with Crippen molar-refractivity contribution in [3.8, 4) is 5.75 Å². The van der Waals surface area contributed by atoms with Gasteiger partial charge in [0.2, 0.25) is 5.91 Å². The third kappa shape index (κ3) is 3.12. The molecule has 1 unspecified atom stereocenters. The van der Waals surface area contributed by atoms with Crippen molar-refractivity contribution < 1.29 is 22.7 Å². The maximum absolute atomic E-state index is 13.5. The number of hydrogen-bond acceptors (Lipinski definition) is 3. The highest BCUT2D eigenvalue weighted by atomic mass is 19.4. The molecule has 1 amide bonds. The van der Waals surface area contributed by atoms with E-state index in [4.69, 9.17) is 4.74 Å². The number of halogens is 3. The van der Waals surface area contributed by atoms with E-state index in [0.29, 0.717) is 5.75 Å². The third-order valence-corrected chi connectivity index (χ3v) is 3.47. The summed E-state index contributed by atoms with van der Waals surface area (Å²) in [7, 11) is 1.39. The number of carbonyl (C=O) groups is 1. The van der Waals surface area contributed by atoms with Gasteiger partial charge < -0.3 is 4.74 Å². The Morgan fingerprint density at radius 3 is 2.52 bits per heavy atom. The van der Waals surface area contributed by atoms with Crippen molar-refractivity contribution in [1.29, 1.82) is 0 Å².